The lowest BCUT2D eigenvalue weighted by atomic mass is 9.60. The predicted molar refractivity (Wildman–Crippen MR) is 64.1 cm³/mol. The van der Waals surface area contributed by atoms with Crippen LogP contribution in [0.5, 0.6) is 0 Å². The van der Waals surface area contributed by atoms with E-state index >= 15 is 0 Å². The first kappa shape index (κ1) is 9.94. The molecule has 90 valence electrons. The van der Waals surface area contributed by atoms with Gasteiger partial charge in [-0.05, 0) is 55.3 Å². The summed E-state index contributed by atoms with van der Waals surface area (Å²) < 4.78 is 6.21. The standard InChI is InChI=1S/C15H24O/c1-10-4-5-12-13(3)9-16-15(13)8-14(10,12)7-6-11(15)2/h10-12H,4-9H2,1-3H3/t10-,11-,12+,13-,14+,15-/m1/s1. The van der Waals surface area contributed by atoms with E-state index in [9.17, 15) is 0 Å². The van der Waals surface area contributed by atoms with Gasteiger partial charge < -0.3 is 4.74 Å². The van der Waals surface area contributed by atoms with Crippen LogP contribution >= 0.6 is 0 Å². The number of hydrogen-bond acceptors (Lipinski definition) is 1. The fourth-order valence-electron chi connectivity index (χ4n) is 6.31. The van der Waals surface area contributed by atoms with Gasteiger partial charge in [0.05, 0.1) is 12.2 Å². The van der Waals surface area contributed by atoms with Gasteiger partial charge in [-0.25, -0.2) is 0 Å². The van der Waals surface area contributed by atoms with Crippen molar-refractivity contribution in [1.29, 1.82) is 0 Å². The van der Waals surface area contributed by atoms with E-state index in [1.807, 2.05) is 0 Å². The zero-order valence-corrected chi connectivity index (χ0v) is 10.9. The fourth-order valence-corrected chi connectivity index (χ4v) is 6.31. The Hall–Kier alpha value is -0.0400. The highest BCUT2D eigenvalue weighted by molar-refractivity contribution is 5.26. The first-order valence-corrected chi connectivity index (χ1v) is 7.19. The number of ether oxygens (including phenoxy) is 1. The van der Waals surface area contributed by atoms with Gasteiger partial charge in [0, 0.05) is 5.41 Å². The van der Waals surface area contributed by atoms with Crippen molar-refractivity contribution in [2.45, 2.75) is 58.5 Å². The molecule has 16 heavy (non-hydrogen) atoms. The molecule has 0 aromatic heterocycles. The topological polar surface area (TPSA) is 9.23 Å². The minimum Gasteiger partial charge on any atom is -0.373 e. The van der Waals surface area contributed by atoms with Crippen LogP contribution in [0.1, 0.15) is 52.9 Å². The van der Waals surface area contributed by atoms with Crippen LogP contribution in [0.4, 0.5) is 0 Å². The molecule has 0 unspecified atom stereocenters. The van der Waals surface area contributed by atoms with Gasteiger partial charge in [-0.2, -0.15) is 0 Å². The molecule has 0 aromatic carbocycles. The number of hydrogen-bond donors (Lipinski definition) is 0. The van der Waals surface area contributed by atoms with Crippen molar-refractivity contribution in [1.82, 2.24) is 0 Å². The van der Waals surface area contributed by atoms with Crippen molar-refractivity contribution in [3.05, 3.63) is 0 Å². The summed E-state index contributed by atoms with van der Waals surface area (Å²) in [6, 6.07) is 0. The third-order valence-electron chi connectivity index (χ3n) is 7.36. The Kier molecular flexibility index (Phi) is 1.57. The smallest absolute Gasteiger partial charge is 0.0791 e. The molecule has 0 radical (unpaired) electrons. The third kappa shape index (κ3) is 0.723. The molecule has 1 heteroatoms. The van der Waals surface area contributed by atoms with E-state index in [-0.39, 0.29) is 0 Å². The Bertz CT molecular complexity index is 351. The second-order valence-electron chi connectivity index (χ2n) is 7.48. The molecule has 1 aliphatic heterocycles. The average Bonchev–Trinajstić information content (AvgIpc) is 2.62. The minimum absolute atomic E-state index is 0.296. The highest BCUT2D eigenvalue weighted by Crippen LogP contribution is 2.78. The van der Waals surface area contributed by atoms with Crippen LogP contribution in [-0.2, 0) is 4.74 Å². The molecule has 4 aliphatic rings. The molecule has 6 atom stereocenters. The molecular weight excluding hydrogens is 196 g/mol. The van der Waals surface area contributed by atoms with Gasteiger partial charge in [-0.3, -0.25) is 0 Å². The van der Waals surface area contributed by atoms with E-state index in [1.54, 1.807) is 0 Å². The summed E-state index contributed by atoms with van der Waals surface area (Å²) in [5.41, 5.74) is 1.51. The Balaban J connectivity index is 1.88. The van der Waals surface area contributed by atoms with Crippen molar-refractivity contribution >= 4 is 0 Å². The van der Waals surface area contributed by atoms with Crippen LogP contribution in [-0.4, -0.2) is 12.2 Å². The van der Waals surface area contributed by atoms with E-state index < -0.39 is 0 Å². The largest absolute Gasteiger partial charge is 0.373 e. The molecule has 1 nitrogen and oxygen atoms in total. The minimum atomic E-state index is 0.296. The normalized spacial score (nSPS) is 67.3. The second-order valence-corrected chi connectivity index (χ2v) is 7.48. The lowest BCUT2D eigenvalue weighted by Gasteiger charge is -2.59. The van der Waals surface area contributed by atoms with E-state index in [2.05, 4.69) is 20.8 Å². The number of rotatable bonds is 0. The summed E-state index contributed by atoms with van der Waals surface area (Å²) in [6.45, 7) is 8.55. The Morgan fingerprint density at radius 2 is 1.88 bits per heavy atom. The van der Waals surface area contributed by atoms with Gasteiger partial charge in [0.1, 0.15) is 0 Å². The fraction of sp³-hybridized carbons (Fsp3) is 1.00. The maximum atomic E-state index is 6.21. The molecule has 0 N–H and O–H groups in total. The molecule has 4 rings (SSSR count). The summed E-state index contributed by atoms with van der Waals surface area (Å²) >= 11 is 0. The SMILES string of the molecule is C[C@@H]1CC[C@@H]2[C@]13CC[C@@H](C)[C@@]1(C3)OC[C@]21C. The van der Waals surface area contributed by atoms with Gasteiger partial charge in [-0.1, -0.05) is 20.8 Å². The average molecular weight is 220 g/mol. The van der Waals surface area contributed by atoms with Crippen LogP contribution < -0.4 is 0 Å². The molecular formula is C15H24O. The van der Waals surface area contributed by atoms with Crippen molar-refractivity contribution in [3.63, 3.8) is 0 Å². The molecule has 3 saturated carbocycles. The van der Waals surface area contributed by atoms with Crippen LogP contribution in [0.2, 0.25) is 0 Å². The molecule has 2 bridgehead atoms. The number of fused-ring (bicyclic) bond motifs is 1. The van der Waals surface area contributed by atoms with Gasteiger partial charge in [0.2, 0.25) is 0 Å². The second kappa shape index (κ2) is 2.53. The molecule has 1 heterocycles. The summed E-state index contributed by atoms with van der Waals surface area (Å²) in [4.78, 5) is 0. The molecule has 3 aliphatic carbocycles. The van der Waals surface area contributed by atoms with E-state index in [1.165, 1.54) is 32.1 Å². The first-order chi connectivity index (χ1) is 7.55. The van der Waals surface area contributed by atoms with Crippen molar-refractivity contribution in [2.24, 2.45) is 28.6 Å². The third-order valence-corrected chi connectivity index (χ3v) is 7.36. The maximum Gasteiger partial charge on any atom is 0.0791 e. The Labute approximate surface area is 98.9 Å². The van der Waals surface area contributed by atoms with Crippen LogP contribution in [0, 0.1) is 28.6 Å². The Morgan fingerprint density at radius 1 is 1.06 bits per heavy atom. The highest BCUT2D eigenvalue weighted by atomic mass is 16.5. The summed E-state index contributed by atoms with van der Waals surface area (Å²) in [6.07, 6.45) is 7.25. The molecule has 0 amide bonds. The zero-order valence-electron chi connectivity index (χ0n) is 10.9. The van der Waals surface area contributed by atoms with Gasteiger partial charge in [0.15, 0.2) is 0 Å². The molecule has 4 fully saturated rings. The van der Waals surface area contributed by atoms with Crippen molar-refractivity contribution in [3.8, 4) is 0 Å². The zero-order chi connectivity index (χ0) is 11.2. The van der Waals surface area contributed by atoms with Gasteiger partial charge >= 0.3 is 0 Å². The maximum absolute atomic E-state index is 6.21. The quantitative estimate of drug-likeness (QED) is 0.606. The van der Waals surface area contributed by atoms with E-state index in [0.29, 0.717) is 16.4 Å². The van der Waals surface area contributed by atoms with Crippen LogP contribution in [0.15, 0.2) is 0 Å². The lowest BCUT2D eigenvalue weighted by molar-refractivity contribution is -0.280. The summed E-state index contributed by atoms with van der Waals surface area (Å²) in [7, 11) is 0. The predicted octanol–water partition coefficient (Wildman–Crippen LogP) is 3.63. The van der Waals surface area contributed by atoms with Gasteiger partial charge in [-0.15, -0.1) is 0 Å². The lowest BCUT2D eigenvalue weighted by Crippen LogP contribution is -2.63. The molecule has 1 saturated heterocycles. The van der Waals surface area contributed by atoms with Crippen molar-refractivity contribution < 1.29 is 4.74 Å². The van der Waals surface area contributed by atoms with Crippen LogP contribution in [0.25, 0.3) is 0 Å². The Morgan fingerprint density at radius 3 is 2.56 bits per heavy atom. The van der Waals surface area contributed by atoms with E-state index in [4.69, 9.17) is 4.74 Å². The van der Waals surface area contributed by atoms with Gasteiger partial charge in [0.25, 0.3) is 0 Å². The summed E-state index contributed by atoms with van der Waals surface area (Å²) in [5, 5.41) is 0. The monoisotopic (exact) mass is 220 g/mol. The molecule has 0 aromatic rings. The highest BCUT2D eigenvalue weighted by Gasteiger charge is 2.77. The summed E-state index contributed by atoms with van der Waals surface area (Å²) in [5.74, 6) is 2.73. The van der Waals surface area contributed by atoms with Crippen molar-refractivity contribution in [2.75, 3.05) is 6.61 Å². The van der Waals surface area contributed by atoms with Crippen LogP contribution in [0.3, 0.4) is 0 Å². The first-order valence-electron chi connectivity index (χ1n) is 7.19. The van der Waals surface area contributed by atoms with E-state index in [0.717, 1.165) is 24.4 Å². The molecule has 2 spiro atoms.